The first-order valence-corrected chi connectivity index (χ1v) is 9.91. The second-order valence-electron chi connectivity index (χ2n) is 7.37. The van der Waals surface area contributed by atoms with Crippen molar-refractivity contribution in [2.45, 2.75) is 39.0 Å². The Balaban J connectivity index is 1.80. The van der Waals surface area contributed by atoms with Crippen molar-refractivity contribution in [2.75, 3.05) is 27.2 Å². The molecule has 0 saturated carbocycles. The van der Waals surface area contributed by atoms with E-state index in [4.69, 9.17) is 14.7 Å². The molecular formula is C22H28N4O3. The summed E-state index contributed by atoms with van der Waals surface area (Å²) in [6.07, 6.45) is 2.11. The Morgan fingerprint density at radius 2 is 1.90 bits per heavy atom. The van der Waals surface area contributed by atoms with Gasteiger partial charge in [-0.1, -0.05) is 12.1 Å². The number of aromatic nitrogens is 2. The summed E-state index contributed by atoms with van der Waals surface area (Å²) >= 11 is 0. The zero-order valence-electron chi connectivity index (χ0n) is 17.5. The number of benzene rings is 1. The maximum Gasteiger partial charge on any atom is 0.257 e. The van der Waals surface area contributed by atoms with Crippen molar-refractivity contribution in [1.29, 1.82) is 0 Å². The van der Waals surface area contributed by atoms with Crippen molar-refractivity contribution in [3.8, 4) is 5.75 Å². The van der Waals surface area contributed by atoms with E-state index >= 15 is 0 Å². The zero-order chi connectivity index (χ0) is 21.0. The molecule has 1 aromatic carbocycles. The predicted molar refractivity (Wildman–Crippen MR) is 110 cm³/mol. The van der Waals surface area contributed by atoms with Crippen LogP contribution in [0.15, 0.2) is 24.3 Å². The van der Waals surface area contributed by atoms with Gasteiger partial charge in [0.05, 0.1) is 19.1 Å². The molecule has 1 saturated heterocycles. The molecule has 7 heteroatoms. The summed E-state index contributed by atoms with van der Waals surface area (Å²) in [7, 11) is 3.20. The summed E-state index contributed by atoms with van der Waals surface area (Å²) in [5.41, 5.74) is 3.09. The maximum atomic E-state index is 13.1. The van der Waals surface area contributed by atoms with Crippen LogP contribution in [0.5, 0.6) is 5.75 Å². The van der Waals surface area contributed by atoms with Gasteiger partial charge >= 0.3 is 0 Å². The Morgan fingerprint density at radius 1 is 1.21 bits per heavy atom. The minimum atomic E-state index is -0.0567. The second-order valence-corrected chi connectivity index (χ2v) is 7.37. The quantitative estimate of drug-likeness (QED) is 0.839. The number of methoxy groups -OCH3 is 1. The van der Waals surface area contributed by atoms with E-state index in [0.29, 0.717) is 24.4 Å². The van der Waals surface area contributed by atoms with E-state index in [1.54, 1.807) is 26.3 Å². The molecule has 1 atom stereocenters. The number of likely N-dealkylation sites (N-methyl/N-ethyl adjacent to an activating group) is 1. The molecule has 1 fully saturated rings. The topological polar surface area (TPSA) is 84.4 Å². The molecule has 1 aromatic heterocycles. The molecule has 0 aliphatic carbocycles. The molecule has 0 unspecified atom stereocenters. The highest BCUT2D eigenvalue weighted by Gasteiger charge is 2.29. The van der Waals surface area contributed by atoms with Gasteiger partial charge in [-0.25, -0.2) is 9.97 Å². The van der Waals surface area contributed by atoms with Crippen LogP contribution in [-0.4, -0.2) is 53.9 Å². The lowest BCUT2D eigenvalue weighted by Gasteiger charge is -2.32. The Morgan fingerprint density at radius 3 is 2.55 bits per heavy atom. The number of ether oxygens (including phenoxy) is 1. The minimum absolute atomic E-state index is 0.0307. The van der Waals surface area contributed by atoms with Crippen molar-refractivity contribution < 1.29 is 14.3 Å². The highest BCUT2D eigenvalue weighted by atomic mass is 16.5. The summed E-state index contributed by atoms with van der Waals surface area (Å²) in [5.74, 6) is 1.32. The fourth-order valence-corrected chi connectivity index (χ4v) is 3.82. The zero-order valence-corrected chi connectivity index (χ0v) is 17.5. The molecule has 1 aliphatic rings. The van der Waals surface area contributed by atoms with Crippen molar-refractivity contribution in [3.63, 3.8) is 0 Å². The first kappa shape index (κ1) is 20.8. The van der Waals surface area contributed by atoms with E-state index in [1.165, 1.54) is 0 Å². The van der Waals surface area contributed by atoms with Crippen LogP contribution in [0, 0.1) is 13.8 Å². The summed E-state index contributed by atoms with van der Waals surface area (Å²) in [5, 5.41) is 2.64. The van der Waals surface area contributed by atoms with Gasteiger partial charge in [0.1, 0.15) is 11.6 Å². The van der Waals surface area contributed by atoms with Gasteiger partial charge in [-0.3, -0.25) is 9.59 Å². The lowest BCUT2D eigenvalue weighted by Crippen LogP contribution is -2.39. The summed E-state index contributed by atoms with van der Waals surface area (Å²) in [6.45, 7) is 5.11. The SMILES string of the molecule is CNC(=O)Cc1c(C)nc([C@@H]2CCCN(C(=O)c3ccccc3OC)C2)nc1C. The second kappa shape index (κ2) is 9.03. The molecule has 3 rings (SSSR count). The van der Waals surface area contributed by atoms with Gasteiger partial charge in [-0.2, -0.15) is 0 Å². The molecule has 7 nitrogen and oxygen atoms in total. The van der Waals surface area contributed by atoms with E-state index in [-0.39, 0.29) is 24.2 Å². The lowest BCUT2D eigenvalue weighted by atomic mass is 9.95. The van der Waals surface area contributed by atoms with Crippen LogP contribution >= 0.6 is 0 Å². The van der Waals surface area contributed by atoms with E-state index in [0.717, 1.165) is 35.6 Å². The first-order valence-electron chi connectivity index (χ1n) is 9.91. The molecule has 0 spiro atoms. The minimum Gasteiger partial charge on any atom is -0.496 e. The Kier molecular flexibility index (Phi) is 6.46. The summed E-state index contributed by atoms with van der Waals surface area (Å²) < 4.78 is 5.35. The fraction of sp³-hybridized carbons (Fsp3) is 0.455. The smallest absolute Gasteiger partial charge is 0.257 e. The van der Waals surface area contributed by atoms with Crippen LogP contribution in [0.2, 0.25) is 0 Å². The van der Waals surface area contributed by atoms with Gasteiger partial charge in [0.2, 0.25) is 5.91 Å². The van der Waals surface area contributed by atoms with Gasteiger partial charge in [0, 0.05) is 43.0 Å². The number of nitrogens with zero attached hydrogens (tertiary/aromatic N) is 3. The Hall–Kier alpha value is -2.96. The van der Waals surface area contributed by atoms with Crippen molar-refractivity contribution in [3.05, 3.63) is 52.6 Å². The number of nitrogens with one attached hydrogen (secondary N) is 1. The van der Waals surface area contributed by atoms with E-state index in [2.05, 4.69) is 5.32 Å². The molecule has 154 valence electrons. The molecular weight excluding hydrogens is 368 g/mol. The maximum absolute atomic E-state index is 13.1. The molecule has 1 N–H and O–H groups in total. The number of para-hydroxylation sites is 1. The average Bonchev–Trinajstić information content (AvgIpc) is 2.75. The van der Waals surface area contributed by atoms with E-state index in [1.807, 2.05) is 30.9 Å². The van der Waals surface area contributed by atoms with Crippen LogP contribution in [-0.2, 0) is 11.2 Å². The van der Waals surface area contributed by atoms with Crippen LogP contribution in [0.1, 0.15) is 51.9 Å². The molecule has 0 bridgehead atoms. The van der Waals surface area contributed by atoms with Gasteiger partial charge in [0.25, 0.3) is 5.91 Å². The van der Waals surface area contributed by atoms with Crippen molar-refractivity contribution in [2.24, 2.45) is 0 Å². The normalized spacial score (nSPS) is 16.4. The van der Waals surface area contributed by atoms with Crippen LogP contribution in [0.25, 0.3) is 0 Å². The van der Waals surface area contributed by atoms with E-state index in [9.17, 15) is 9.59 Å². The number of amides is 2. The third kappa shape index (κ3) is 4.55. The lowest BCUT2D eigenvalue weighted by molar-refractivity contribution is -0.120. The van der Waals surface area contributed by atoms with Crippen LogP contribution in [0.3, 0.4) is 0 Å². The number of piperidine rings is 1. The average molecular weight is 396 g/mol. The number of likely N-dealkylation sites (tertiary alicyclic amines) is 1. The monoisotopic (exact) mass is 396 g/mol. The van der Waals surface area contributed by atoms with Gasteiger partial charge < -0.3 is 15.0 Å². The highest BCUT2D eigenvalue weighted by molar-refractivity contribution is 5.97. The predicted octanol–water partition coefficient (Wildman–Crippen LogP) is 2.41. The van der Waals surface area contributed by atoms with Crippen LogP contribution < -0.4 is 10.1 Å². The molecule has 1 aliphatic heterocycles. The Bertz CT molecular complexity index is 890. The Labute approximate surface area is 171 Å². The number of aryl methyl sites for hydroxylation is 2. The third-order valence-corrected chi connectivity index (χ3v) is 5.47. The number of hydrogen-bond donors (Lipinski definition) is 1. The molecule has 0 radical (unpaired) electrons. The first-order chi connectivity index (χ1) is 13.9. The molecule has 2 aromatic rings. The summed E-state index contributed by atoms with van der Waals surface area (Å²) in [6, 6.07) is 7.30. The number of carbonyl (C=O) groups is 2. The number of rotatable bonds is 5. The van der Waals surface area contributed by atoms with Crippen molar-refractivity contribution in [1.82, 2.24) is 20.2 Å². The molecule has 29 heavy (non-hydrogen) atoms. The van der Waals surface area contributed by atoms with Gasteiger partial charge in [-0.05, 0) is 38.8 Å². The van der Waals surface area contributed by atoms with Crippen LogP contribution in [0.4, 0.5) is 0 Å². The summed E-state index contributed by atoms with van der Waals surface area (Å²) in [4.78, 5) is 36.1. The number of hydrogen-bond acceptors (Lipinski definition) is 5. The van der Waals surface area contributed by atoms with Gasteiger partial charge in [-0.15, -0.1) is 0 Å². The highest BCUT2D eigenvalue weighted by Crippen LogP contribution is 2.28. The largest absolute Gasteiger partial charge is 0.496 e. The van der Waals surface area contributed by atoms with Gasteiger partial charge in [0.15, 0.2) is 0 Å². The number of carbonyl (C=O) groups excluding carboxylic acids is 2. The molecule has 2 amide bonds. The van der Waals surface area contributed by atoms with E-state index < -0.39 is 0 Å². The fourth-order valence-electron chi connectivity index (χ4n) is 3.82. The standard InChI is InChI=1S/C22H28N4O3/c1-14-18(12-20(27)23-3)15(2)25-21(24-14)16-8-7-11-26(13-16)22(28)17-9-5-6-10-19(17)29-4/h5-6,9-10,16H,7-8,11-13H2,1-4H3,(H,23,27)/t16-/m1/s1. The third-order valence-electron chi connectivity index (χ3n) is 5.47. The van der Waals surface area contributed by atoms with Crippen molar-refractivity contribution >= 4 is 11.8 Å². The molecule has 2 heterocycles.